The second-order valence-corrected chi connectivity index (χ2v) is 5.39. The van der Waals surface area contributed by atoms with Gasteiger partial charge in [0.15, 0.2) is 0 Å². The van der Waals surface area contributed by atoms with Gasteiger partial charge in [0.25, 0.3) is 0 Å². The molecule has 1 aromatic carbocycles. The maximum atomic E-state index is 9.25. The van der Waals surface area contributed by atoms with Crippen molar-refractivity contribution in [1.29, 1.82) is 5.26 Å². The Morgan fingerprint density at radius 3 is 2.94 bits per heavy atom. The van der Waals surface area contributed by atoms with Crippen molar-refractivity contribution in [3.8, 4) is 6.07 Å². The van der Waals surface area contributed by atoms with Gasteiger partial charge in [0.2, 0.25) is 0 Å². The molecule has 0 aliphatic heterocycles. The summed E-state index contributed by atoms with van der Waals surface area (Å²) in [6, 6.07) is 9.34. The Hall–Kier alpha value is -1.29. The van der Waals surface area contributed by atoms with Crippen molar-refractivity contribution in [1.82, 2.24) is 0 Å². The van der Waals surface area contributed by atoms with Gasteiger partial charge in [-0.2, -0.15) is 5.26 Å². The zero-order valence-corrected chi connectivity index (χ0v) is 9.79. The third kappa shape index (κ3) is 1.16. The maximum absolute atomic E-state index is 9.25. The molecule has 1 fully saturated rings. The van der Waals surface area contributed by atoms with Gasteiger partial charge in [-0.05, 0) is 50.2 Å². The predicted octanol–water partition coefficient (Wildman–Crippen LogP) is 3.50. The number of hydrogen-bond donors (Lipinski definition) is 0. The van der Waals surface area contributed by atoms with E-state index in [1.807, 2.05) is 0 Å². The van der Waals surface area contributed by atoms with Crippen molar-refractivity contribution in [3.05, 3.63) is 34.9 Å². The summed E-state index contributed by atoms with van der Waals surface area (Å²) in [5, 5.41) is 9.25. The topological polar surface area (TPSA) is 23.8 Å². The molecule has 1 saturated carbocycles. The summed E-state index contributed by atoms with van der Waals surface area (Å²) in [4.78, 5) is 0. The summed E-state index contributed by atoms with van der Waals surface area (Å²) in [7, 11) is 0. The normalized spacial score (nSPS) is 31.6. The zero-order chi connectivity index (χ0) is 11.2. The first-order chi connectivity index (χ1) is 7.76. The second-order valence-electron chi connectivity index (χ2n) is 5.39. The molecule has 16 heavy (non-hydrogen) atoms. The van der Waals surface area contributed by atoms with Crippen LogP contribution in [0, 0.1) is 24.2 Å². The standard InChI is InChI=1S/C15H17N/c1-11-4-5-12-3-2-7-15(14(12)9-11)8-6-13(15)10-16/h4-5,9,13H,2-3,6-8H2,1H3/t13-,15+/m1/s1. The Balaban J connectivity index is 2.13. The fraction of sp³-hybridized carbons (Fsp3) is 0.533. The molecule has 2 aliphatic carbocycles. The molecule has 1 nitrogen and oxygen atoms in total. The molecule has 0 bridgehead atoms. The van der Waals surface area contributed by atoms with Crippen LogP contribution in [0.4, 0.5) is 0 Å². The number of rotatable bonds is 0. The third-order valence-electron chi connectivity index (χ3n) is 4.57. The van der Waals surface area contributed by atoms with Crippen molar-refractivity contribution in [2.24, 2.45) is 5.92 Å². The molecule has 0 saturated heterocycles. The third-order valence-corrected chi connectivity index (χ3v) is 4.57. The fourth-order valence-electron chi connectivity index (χ4n) is 3.55. The van der Waals surface area contributed by atoms with Crippen LogP contribution >= 0.6 is 0 Å². The van der Waals surface area contributed by atoms with Crippen LogP contribution in [-0.4, -0.2) is 0 Å². The summed E-state index contributed by atoms with van der Waals surface area (Å²) >= 11 is 0. The van der Waals surface area contributed by atoms with Crippen molar-refractivity contribution in [2.75, 3.05) is 0 Å². The van der Waals surface area contributed by atoms with Gasteiger partial charge < -0.3 is 0 Å². The largest absolute Gasteiger partial charge is 0.198 e. The average molecular weight is 211 g/mol. The van der Waals surface area contributed by atoms with Crippen molar-refractivity contribution in [3.63, 3.8) is 0 Å². The van der Waals surface area contributed by atoms with Gasteiger partial charge in [-0.3, -0.25) is 0 Å². The molecule has 1 aromatic rings. The predicted molar refractivity (Wildman–Crippen MR) is 64.1 cm³/mol. The minimum atomic E-state index is 0.231. The molecular formula is C15H17N. The van der Waals surface area contributed by atoms with Crippen LogP contribution in [0.5, 0.6) is 0 Å². The lowest BCUT2D eigenvalue weighted by molar-refractivity contribution is 0.144. The van der Waals surface area contributed by atoms with E-state index in [0.717, 1.165) is 6.42 Å². The molecule has 2 atom stereocenters. The molecule has 0 amide bonds. The summed E-state index contributed by atoms with van der Waals surface area (Å²) in [5.41, 5.74) is 4.56. The van der Waals surface area contributed by atoms with E-state index in [0.29, 0.717) is 0 Å². The highest BCUT2D eigenvalue weighted by Crippen LogP contribution is 2.54. The number of aryl methyl sites for hydroxylation is 2. The quantitative estimate of drug-likeness (QED) is 0.644. The van der Waals surface area contributed by atoms with Crippen LogP contribution in [-0.2, 0) is 11.8 Å². The maximum Gasteiger partial charge on any atom is 0.0665 e. The molecule has 0 heterocycles. The smallest absolute Gasteiger partial charge is 0.0665 e. The van der Waals surface area contributed by atoms with E-state index in [1.165, 1.54) is 42.4 Å². The lowest BCUT2D eigenvalue weighted by Crippen LogP contribution is -2.46. The van der Waals surface area contributed by atoms with Crippen LogP contribution in [0.15, 0.2) is 18.2 Å². The molecule has 3 rings (SSSR count). The van der Waals surface area contributed by atoms with Gasteiger partial charge in [0, 0.05) is 5.41 Å². The van der Waals surface area contributed by atoms with E-state index in [9.17, 15) is 5.26 Å². The Labute approximate surface area is 97.1 Å². The molecule has 2 aliphatic rings. The first kappa shape index (κ1) is 9.90. The lowest BCUT2D eigenvalue weighted by Gasteiger charge is -2.50. The Morgan fingerprint density at radius 2 is 2.25 bits per heavy atom. The van der Waals surface area contributed by atoms with E-state index >= 15 is 0 Å². The monoisotopic (exact) mass is 211 g/mol. The van der Waals surface area contributed by atoms with E-state index in [-0.39, 0.29) is 11.3 Å². The van der Waals surface area contributed by atoms with Crippen LogP contribution in [0.3, 0.4) is 0 Å². The average Bonchev–Trinajstić information content (AvgIpc) is 2.27. The first-order valence-corrected chi connectivity index (χ1v) is 6.26. The Kier molecular flexibility index (Phi) is 2.07. The van der Waals surface area contributed by atoms with Crippen molar-refractivity contribution < 1.29 is 0 Å². The highest BCUT2D eigenvalue weighted by Gasteiger charge is 2.49. The van der Waals surface area contributed by atoms with Gasteiger partial charge in [-0.1, -0.05) is 23.8 Å². The van der Waals surface area contributed by atoms with Crippen molar-refractivity contribution >= 4 is 0 Å². The number of benzene rings is 1. The number of nitriles is 1. The molecule has 1 spiro atoms. The minimum Gasteiger partial charge on any atom is -0.198 e. The molecule has 1 heteroatoms. The summed E-state index contributed by atoms with van der Waals surface area (Å²) in [5.74, 6) is 0.272. The van der Waals surface area contributed by atoms with Gasteiger partial charge >= 0.3 is 0 Å². The van der Waals surface area contributed by atoms with Crippen LogP contribution in [0.25, 0.3) is 0 Å². The Morgan fingerprint density at radius 1 is 1.38 bits per heavy atom. The SMILES string of the molecule is Cc1ccc2c(c1)[C@@]1(CCC2)CC[C@@H]1C#N. The zero-order valence-electron chi connectivity index (χ0n) is 9.79. The molecule has 0 unspecified atom stereocenters. The van der Waals surface area contributed by atoms with Crippen molar-refractivity contribution in [2.45, 2.75) is 44.4 Å². The first-order valence-electron chi connectivity index (χ1n) is 6.26. The van der Waals surface area contributed by atoms with Crippen LogP contribution in [0.2, 0.25) is 0 Å². The number of hydrogen-bond acceptors (Lipinski definition) is 1. The van der Waals surface area contributed by atoms with E-state index in [2.05, 4.69) is 31.2 Å². The van der Waals surface area contributed by atoms with Crippen LogP contribution < -0.4 is 0 Å². The summed E-state index contributed by atoms with van der Waals surface area (Å²) < 4.78 is 0. The molecule has 0 N–H and O–H groups in total. The number of nitrogens with zero attached hydrogens (tertiary/aromatic N) is 1. The highest BCUT2D eigenvalue weighted by atomic mass is 14.5. The van der Waals surface area contributed by atoms with Crippen LogP contribution in [0.1, 0.15) is 42.4 Å². The fourth-order valence-corrected chi connectivity index (χ4v) is 3.55. The van der Waals surface area contributed by atoms with Gasteiger partial charge in [0.05, 0.1) is 12.0 Å². The number of fused-ring (bicyclic) bond motifs is 2. The minimum absolute atomic E-state index is 0.231. The summed E-state index contributed by atoms with van der Waals surface area (Å²) in [6.45, 7) is 2.16. The molecular weight excluding hydrogens is 194 g/mol. The molecule has 0 radical (unpaired) electrons. The van der Waals surface area contributed by atoms with Gasteiger partial charge in [0.1, 0.15) is 0 Å². The lowest BCUT2D eigenvalue weighted by atomic mass is 9.52. The Bertz CT molecular complexity index is 469. The summed E-state index contributed by atoms with van der Waals surface area (Å²) in [6.07, 6.45) is 6.01. The van der Waals surface area contributed by atoms with E-state index < -0.39 is 0 Å². The molecule has 0 aromatic heterocycles. The second kappa shape index (κ2) is 3.35. The van der Waals surface area contributed by atoms with Gasteiger partial charge in [-0.15, -0.1) is 0 Å². The van der Waals surface area contributed by atoms with Gasteiger partial charge in [-0.25, -0.2) is 0 Å². The van der Waals surface area contributed by atoms with E-state index in [1.54, 1.807) is 0 Å². The highest BCUT2D eigenvalue weighted by molar-refractivity contribution is 5.43. The molecule has 82 valence electrons. The van der Waals surface area contributed by atoms with E-state index in [4.69, 9.17) is 0 Å².